The fraction of sp³-hybridized carbons (Fsp3) is 0.188. The van der Waals surface area contributed by atoms with E-state index in [9.17, 15) is 26.7 Å². The number of alkyl halides is 3. The van der Waals surface area contributed by atoms with Crippen LogP contribution in [0.1, 0.15) is 12.0 Å². The van der Waals surface area contributed by atoms with E-state index < -0.39 is 29.3 Å². The van der Waals surface area contributed by atoms with Crippen LogP contribution in [-0.4, -0.2) is 12.5 Å². The van der Waals surface area contributed by atoms with E-state index in [4.69, 9.17) is 0 Å². The lowest BCUT2D eigenvalue weighted by molar-refractivity contribution is -0.137. The topological polar surface area (TPSA) is 41.1 Å². The number of amides is 1. The molecule has 8 heteroatoms. The highest BCUT2D eigenvalue weighted by molar-refractivity contribution is 5.91. The van der Waals surface area contributed by atoms with Gasteiger partial charge >= 0.3 is 6.18 Å². The van der Waals surface area contributed by atoms with Crippen molar-refractivity contribution in [3.05, 3.63) is 59.7 Å². The molecule has 0 unspecified atom stereocenters. The molecule has 0 radical (unpaired) electrons. The molecule has 0 bridgehead atoms. The second-order valence-corrected chi connectivity index (χ2v) is 4.89. The highest BCUT2D eigenvalue weighted by Gasteiger charge is 2.33. The van der Waals surface area contributed by atoms with Gasteiger partial charge in [-0.25, -0.2) is 8.78 Å². The molecule has 0 saturated heterocycles. The van der Waals surface area contributed by atoms with Gasteiger partial charge in [0.25, 0.3) is 0 Å². The maximum atomic E-state index is 13.4. The second-order valence-electron chi connectivity index (χ2n) is 4.89. The minimum Gasteiger partial charge on any atom is -0.382 e. The number of hydrogen-bond acceptors (Lipinski definition) is 2. The van der Waals surface area contributed by atoms with Crippen molar-refractivity contribution < 1.29 is 26.7 Å². The minimum atomic E-state index is -4.58. The zero-order chi connectivity index (χ0) is 17.7. The average molecular weight is 344 g/mol. The highest BCUT2D eigenvalue weighted by atomic mass is 19.4. The van der Waals surface area contributed by atoms with Gasteiger partial charge in [-0.1, -0.05) is 12.1 Å². The van der Waals surface area contributed by atoms with Crippen LogP contribution in [0.4, 0.5) is 33.3 Å². The van der Waals surface area contributed by atoms with Crippen molar-refractivity contribution in [2.75, 3.05) is 17.2 Å². The molecule has 1 amide bonds. The van der Waals surface area contributed by atoms with E-state index in [1.807, 2.05) is 0 Å². The summed E-state index contributed by atoms with van der Waals surface area (Å²) in [5, 5.41) is 4.75. The van der Waals surface area contributed by atoms with Crippen LogP contribution in [0, 0.1) is 11.6 Å². The van der Waals surface area contributed by atoms with Gasteiger partial charge in [0.15, 0.2) is 0 Å². The zero-order valence-corrected chi connectivity index (χ0v) is 12.3. The molecule has 0 saturated carbocycles. The summed E-state index contributed by atoms with van der Waals surface area (Å²) in [4.78, 5) is 11.7. The third kappa shape index (κ3) is 4.68. The molecule has 2 aromatic rings. The smallest absolute Gasteiger partial charge is 0.382 e. The molecular formula is C16H13F5N2O. The van der Waals surface area contributed by atoms with E-state index in [0.29, 0.717) is 6.07 Å². The van der Waals surface area contributed by atoms with Gasteiger partial charge in [0.1, 0.15) is 11.6 Å². The number of anilines is 2. The summed E-state index contributed by atoms with van der Waals surface area (Å²) < 4.78 is 64.6. The molecule has 0 atom stereocenters. The minimum absolute atomic E-state index is 0.000100. The molecule has 0 aromatic heterocycles. The van der Waals surface area contributed by atoms with Crippen molar-refractivity contribution in [3.8, 4) is 0 Å². The lowest BCUT2D eigenvalue weighted by atomic mass is 10.1. The van der Waals surface area contributed by atoms with Gasteiger partial charge in [-0.3, -0.25) is 4.79 Å². The number of nitrogens with one attached hydrogen (secondary N) is 2. The molecular weight excluding hydrogens is 331 g/mol. The van der Waals surface area contributed by atoms with E-state index >= 15 is 0 Å². The van der Waals surface area contributed by atoms with Gasteiger partial charge in [-0.15, -0.1) is 0 Å². The van der Waals surface area contributed by atoms with E-state index in [0.717, 1.165) is 18.2 Å². The lowest BCUT2D eigenvalue weighted by Crippen LogP contribution is -2.19. The van der Waals surface area contributed by atoms with Crippen molar-refractivity contribution >= 4 is 17.3 Å². The SMILES string of the molecule is O=C(CCNc1ccc(F)cc1F)Nc1ccccc1C(F)(F)F. The van der Waals surface area contributed by atoms with Gasteiger partial charge in [0.05, 0.1) is 16.9 Å². The maximum absolute atomic E-state index is 13.4. The Kier molecular flexibility index (Phi) is 5.38. The number of hydrogen-bond donors (Lipinski definition) is 2. The molecule has 0 aliphatic heterocycles. The number of halogens is 5. The molecule has 2 aromatic carbocycles. The predicted octanol–water partition coefficient (Wildman–Crippen LogP) is 4.42. The van der Waals surface area contributed by atoms with Crippen LogP contribution in [0.15, 0.2) is 42.5 Å². The van der Waals surface area contributed by atoms with Crippen molar-refractivity contribution in [1.29, 1.82) is 0 Å². The monoisotopic (exact) mass is 344 g/mol. The van der Waals surface area contributed by atoms with Crippen LogP contribution >= 0.6 is 0 Å². The first kappa shape index (κ1) is 17.7. The molecule has 0 aliphatic carbocycles. The quantitative estimate of drug-likeness (QED) is 0.788. The summed E-state index contributed by atoms with van der Waals surface area (Å²) >= 11 is 0. The number of para-hydroxylation sites is 1. The van der Waals surface area contributed by atoms with Gasteiger partial charge in [-0.2, -0.15) is 13.2 Å². The zero-order valence-electron chi connectivity index (χ0n) is 12.3. The van der Waals surface area contributed by atoms with Gasteiger partial charge in [0.2, 0.25) is 5.91 Å². The Balaban J connectivity index is 1.93. The Morgan fingerprint density at radius 1 is 1.00 bits per heavy atom. The summed E-state index contributed by atoms with van der Waals surface area (Å²) in [6, 6.07) is 7.50. The van der Waals surface area contributed by atoms with E-state index in [-0.39, 0.29) is 24.3 Å². The van der Waals surface area contributed by atoms with Crippen LogP contribution in [0.25, 0.3) is 0 Å². The van der Waals surface area contributed by atoms with Crippen molar-refractivity contribution in [1.82, 2.24) is 0 Å². The second kappa shape index (κ2) is 7.29. The van der Waals surface area contributed by atoms with Crippen molar-refractivity contribution in [2.24, 2.45) is 0 Å². The Bertz CT molecular complexity index is 731. The third-order valence-electron chi connectivity index (χ3n) is 3.11. The van der Waals surface area contributed by atoms with E-state index in [1.54, 1.807) is 0 Å². The standard InChI is InChI=1S/C16H13F5N2O/c17-10-5-6-14(12(18)9-10)22-8-7-15(24)23-13-4-2-1-3-11(13)16(19,20)21/h1-6,9,22H,7-8H2,(H,23,24). The molecule has 0 heterocycles. The Hall–Kier alpha value is -2.64. The first-order valence-corrected chi connectivity index (χ1v) is 6.92. The van der Waals surface area contributed by atoms with Gasteiger partial charge in [0, 0.05) is 19.0 Å². The maximum Gasteiger partial charge on any atom is 0.418 e. The molecule has 0 spiro atoms. The van der Waals surface area contributed by atoms with E-state index in [2.05, 4.69) is 10.6 Å². The Morgan fingerprint density at radius 3 is 2.38 bits per heavy atom. The summed E-state index contributed by atoms with van der Waals surface area (Å²) in [6.07, 6.45) is -4.78. The molecule has 128 valence electrons. The van der Waals surface area contributed by atoms with E-state index in [1.165, 1.54) is 18.2 Å². The molecule has 2 rings (SSSR count). The molecule has 0 fully saturated rings. The average Bonchev–Trinajstić information content (AvgIpc) is 2.49. The largest absolute Gasteiger partial charge is 0.418 e. The molecule has 24 heavy (non-hydrogen) atoms. The Morgan fingerprint density at radius 2 is 1.71 bits per heavy atom. The number of rotatable bonds is 5. The fourth-order valence-corrected chi connectivity index (χ4v) is 2.00. The van der Waals surface area contributed by atoms with Crippen LogP contribution in [0.2, 0.25) is 0 Å². The first-order valence-electron chi connectivity index (χ1n) is 6.92. The fourth-order valence-electron chi connectivity index (χ4n) is 2.00. The van der Waals surface area contributed by atoms with Gasteiger partial charge in [-0.05, 0) is 24.3 Å². The normalized spacial score (nSPS) is 11.2. The molecule has 2 N–H and O–H groups in total. The number of benzene rings is 2. The summed E-state index contributed by atoms with van der Waals surface area (Å²) in [7, 11) is 0. The van der Waals surface area contributed by atoms with Crippen LogP contribution in [-0.2, 0) is 11.0 Å². The number of carbonyl (C=O) groups is 1. The summed E-state index contributed by atoms with van der Waals surface area (Å²) in [5.74, 6) is -2.22. The van der Waals surface area contributed by atoms with Gasteiger partial charge < -0.3 is 10.6 Å². The highest BCUT2D eigenvalue weighted by Crippen LogP contribution is 2.34. The molecule has 3 nitrogen and oxygen atoms in total. The first-order chi connectivity index (χ1) is 11.3. The van der Waals surface area contributed by atoms with Crippen molar-refractivity contribution in [3.63, 3.8) is 0 Å². The lowest BCUT2D eigenvalue weighted by Gasteiger charge is -2.13. The summed E-state index contributed by atoms with van der Waals surface area (Å²) in [5.41, 5.74) is -1.29. The molecule has 0 aliphatic rings. The third-order valence-corrected chi connectivity index (χ3v) is 3.11. The van der Waals surface area contributed by atoms with Crippen LogP contribution < -0.4 is 10.6 Å². The van der Waals surface area contributed by atoms with Crippen LogP contribution in [0.3, 0.4) is 0 Å². The Labute approximate surface area is 134 Å². The predicted molar refractivity (Wildman–Crippen MR) is 79.5 cm³/mol. The summed E-state index contributed by atoms with van der Waals surface area (Å²) in [6.45, 7) is -0.0252. The number of carbonyl (C=O) groups excluding carboxylic acids is 1. The van der Waals surface area contributed by atoms with Crippen LogP contribution in [0.5, 0.6) is 0 Å². The van der Waals surface area contributed by atoms with Crippen molar-refractivity contribution in [2.45, 2.75) is 12.6 Å².